The summed E-state index contributed by atoms with van der Waals surface area (Å²) in [5.74, 6) is 0.379. The molecular formula is C9H11ClN2O2. The van der Waals surface area contributed by atoms with Gasteiger partial charge in [0.05, 0.1) is 6.10 Å². The van der Waals surface area contributed by atoms with E-state index in [-0.39, 0.29) is 6.10 Å². The molecule has 1 aliphatic rings. The van der Waals surface area contributed by atoms with Gasteiger partial charge < -0.3 is 9.47 Å². The third-order valence-electron chi connectivity index (χ3n) is 2.05. The normalized spacial score (nSPS) is 21.1. The van der Waals surface area contributed by atoms with E-state index in [2.05, 4.69) is 9.97 Å². The maximum Gasteiger partial charge on any atom is 0.252 e. The average molecular weight is 215 g/mol. The van der Waals surface area contributed by atoms with E-state index in [9.17, 15) is 0 Å². The van der Waals surface area contributed by atoms with Crippen LogP contribution in [-0.4, -0.2) is 29.3 Å². The summed E-state index contributed by atoms with van der Waals surface area (Å²) in [6, 6.07) is 0. The highest BCUT2D eigenvalue weighted by atomic mass is 35.5. The molecule has 5 heteroatoms. The minimum atomic E-state index is 0.174. The highest BCUT2D eigenvalue weighted by molar-refractivity contribution is 6.30. The lowest BCUT2D eigenvalue weighted by molar-refractivity contribution is 0.0662. The zero-order valence-corrected chi connectivity index (χ0v) is 8.41. The van der Waals surface area contributed by atoms with Gasteiger partial charge in [0.25, 0.3) is 5.88 Å². The minimum Gasteiger partial charge on any atom is -0.473 e. The molecule has 1 fully saturated rings. The van der Waals surface area contributed by atoms with Gasteiger partial charge in [-0.3, -0.25) is 0 Å². The van der Waals surface area contributed by atoms with Crippen molar-refractivity contribution in [2.75, 3.05) is 13.2 Å². The Morgan fingerprint density at radius 2 is 2.36 bits per heavy atom. The van der Waals surface area contributed by atoms with Crippen LogP contribution in [0.5, 0.6) is 5.88 Å². The van der Waals surface area contributed by atoms with Crippen molar-refractivity contribution in [2.24, 2.45) is 0 Å². The fourth-order valence-electron chi connectivity index (χ4n) is 1.35. The summed E-state index contributed by atoms with van der Waals surface area (Å²) in [5, 5.41) is 0.297. The van der Waals surface area contributed by atoms with E-state index in [0.29, 0.717) is 17.6 Å². The molecular weight excluding hydrogens is 204 g/mol. The third kappa shape index (κ3) is 2.33. The van der Waals surface area contributed by atoms with Crippen LogP contribution < -0.4 is 4.74 Å². The second-order valence-electron chi connectivity index (χ2n) is 3.10. The highest BCUT2D eigenvalue weighted by Crippen LogP contribution is 2.19. The molecule has 1 aliphatic heterocycles. The van der Waals surface area contributed by atoms with Crippen LogP contribution in [0, 0.1) is 0 Å². The Bertz CT molecular complexity index is 303. The van der Waals surface area contributed by atoms with Gasteiger partial charge in [-0.05, 0) is 12.8 Å². The molecule has 2 rings (SSSR count). The van der Waals surface area contributed by atoms with E-state index < -0.39 is 0 Å². The summed E-state index contributed by atoms with van der Waals surface area (Å²) in [7, 11) is 0. The fourth-order valence-corrected chi connectivity index (χ4v) is 1.51. The highest BCUT2D eigenvalue weighted by Gasteiger charge is 2.16. The lowest BCUT2D eigenvalue weighted by Gasteiger charge is -2.10. The second-order valence-corrected chi connectivity index (χ2v) is 3.46. The van der Waals surface area contributed by atoms with Crippen LogP contribution in [0.4, 0.5) is 0 Å². The first kappa shape index (κ1) is 9.68. The van der Waals surface area contributed by atoms with Crippen molar-refractivity contribution in [1.29, 1.82) is 0 Å². The van der Waals surface area contributed by atoms with Crippen LogP contribution in [-0.2, 0) is 4.74 Å². The Balaban J connectivity index is 1.88. The quantitative estimate of drug-likeness (QED) is 0.768. The van der Waals surface area contributed by atoms with Crippen LogP contribution in [0.3, 0.4) is 0 Å². The first-order chi connectivity index (χ1) is 6.86. The molecule has 1 saturated heterocycles. The SMILES string of the molecule is Clc1nccnc1OCC1CCCO1. The van der Waals surface area contributed by atoms with E-state index in [1.54, 1.807) is 6.20 Å². The predicted molar refractivity (Wildman–Crippen MR) is 51.5 cm³/mol. The van der Waals surface area contributed by atoms with Gasteiger partial charge in [-0.15, -0.1) is 0 Å². The van der Waals surface area contributed by atoms with Crippen LogP contribution in [0.25, 0.3) is 0 Å². The Morgan fingerprint density at radius 1 is 1.50 bits per heavy atom. The molecule has 0 amide bonds. The molecule has 0 bridgehead atoms. The molecule has 4 nitrogen and oxygen atoms in total. The molecule has 2 heterocycles. The van der Waals surface area contributed by atoms with Gasteiger partial charge >= 0.3 is 0 Å². The average Bonchev–Trinajstić information content (AvgIpc) is 2.69. The van der Waals surface area contributed by atoms with Crippen molar-refractivity contribution in [3.63, 3.8) is 0 Å². The molecule has 0 saturated carbocycles. The van der Waals surface area contributed by atoms with Crippen molar-refractivity contribution in [3.8, 4) is 5.88 Å². The molecule has 0 aromatic carbocycles. The van der Waals surface area contributed by atoms with Gasteiger partial charge in [0.15, 0.2) is 5.15 Å². The van der Waals surface area contributed by atoms with E-state index in [1.165, 1.54) is 6.20 Å². The summed E-state index contributed by atoms with van der Waals surface area (Å²) < 4.78 is 10.8. The molecule has 0 radical (unpaired) electrons. The largest absolute Gasteiger partial charge is 0.473 e. The second kappa shape index (κ2) is 4.57. The molecule has 0 N–H and O–H groups in total. The summed E-state index contributed by atoms with van der Waals surface area (Å²) >= 11 is 5.77. The van der Waals surface area contributed by atoms with Crippen molar-refractivity contribution >= 4 is 11.6 Å². The first-order valence-corrected chi connectivity index (χ1v) is 4.95. The van der Waals surface area contributed by atoms with E-state index in [4.69, 9.17) is 21.1 Å². The van der Waals surface area contributed by atoms with Crippen LogP contribution >= 0.6 is 11.6 Å². The standard InChI is InChI=1S/C9H11ClN2O2/c10-8-9(12-4-3-11-8)14-6-7-2-1-5-13-7/h3-4,7H,1-2,5-6H2. The van der Waals surface area contributed by atoms with Crippen LogP contribution in [0.2, 0.25) is 5.15 Å². The Kier molecular flexibility index (Phi) is 3.16. The topological polar surface area (TPSA) is 44.2 Å². The van der Waals surface area contributed by atoms with Crippen molar-refractivity contribution in [1.82, 2.24) is 9.97 Å². The Morgan fingerprint density at radius 3 is 3.07 bits per heavy atom. The number of hydrogen-bond donors (Lipinski definition) is 0. The van der Waals surface area contributed by atoms with Crippen molar-refractivity contribution in [2.45, 2.75) is 18.9 Å². The first-order valence-electron chi connectivity index (χ1n) is 4.57. The molecule has 1 atom stereocenters. The van der Waals surface area contributed by atoms with Gasteiger partial charge in [0.1, 0.15) is 6.61 Å². The van der Waals surface area contributed by atoms with Gasteiger partial charge in [0, 0.05) is 19.0 Å². The zero-order chi connectivity index (χ0) is 9.80. The van der Waals surface area contributed by atoms with Gasteiger partial charge in [-0.25, -0.2) is 9.97 Å². The number of rotatable bonds is 3. The lowest BCUT2D eigenvalue weighted by Crippen LogP contribution is -2.16. The number of nitrogens with zero attached hydrogens (tertiary/aromatic N) is 2. The summed E-state index contributed by atoms with van der Waals surface area (Å²) in [4.78, 5) is 7.83. The summed E-state index contributed by atoms with van der Waals surface area (Å²) in [6.45, 7) is 1.32. The van der Waals surface area contributed by atoms with Gasteiger partial charge in [-0.1, -0.05) is 11.6 Å². The fraction of sp³-hybridized carbons (Fsp3) is 0.556. The third-order valence-corrected chi connectivity index (χ3v) is 2.31. The van der Waals surface area contributed by atoms with E-state index in [1.807, 2.05) is 0 Å². The monoisotopic (exact) mass is 214 g/mol. The van der Waals surface area contributed by atoms with Crippen molar-refractivity contribution < 1.29 is 9.47 Å². The molecule has 14 heavy (non-hydrogen) atoms. The summed E-state index contributed by atoms with van der Waals surface area (Å²) in [6.07, 6.45) is 5.39. The van der Waals surface area contributed by atoms with Crippen LogP contribution in [0.1, 0.15) is 12.8 Å². The molecule has 1 aromatic heterocycles. The Labute approximate surface area is 87.2 Å². The number of halogens is 1. The van der Waals surface area contributed by atoms with Crippen molar-refractivity contribution in [3.05, 3.63) is 17.5 Å². The predicted octanol–water partition coefficient (Wildman–Crippen LogP) is 1.69. The minimum absolute atomic E-state index is 0.174. The molecule has 1 aromatic rings. The van der Waals surface area contributed by atoms with E-state index in [0.717, 1.165) is 19.4 Å². The maximum absolute atomic E-state index is 5.77. The van der Waals surface area contributed by atoms with E-state index >= 15 is 0 Å². The number of hydrogen-bond acceptors (Lipinski definition) is 4. The Hall–Kier alpha value is -0.870. The summed E-state index contributed by atoms with van der Waals surface area (Å²) in [5.41, 5.74) is 0. The smallest absolute Gasteiger partial charge is 0.252 e. The number of aromatic nitrogens is 2. The molecule has 0 aliphatic carbocycles. The molecule has 1 unspecified atom stereocenters. The zero-order valence-electron chi connectivity index (χ0n) is 7.65. The molecule has 76 valence electrons. The van der Waals surface area contributed by atoms with Gasteiger partial charge in [-0.2, -0.15) is 0 Å². The lowest BCUT2D eigenvalue weighted by atomic mass is 10.2. The number of ether oxygens (including phenoxy) is 2. The van der Waals surface area contributed by atoms with Gasteiger partial charge in [0.2, 0.25) is 0 Å². The molecule has 0 spiro atoms. The van der Waals surface area contributed by atoms with Crippen LogP contribution in [0.15, 0.2) is 12.4 Å². The maximum atomic E-state index is 5.77.